The molecule has 0 N–H and O–H groups in total. The van der Waals surface area contributed by atoms with Crippen LogP contribution in [-0.4, -0.2) is 20.8 Å². The lowest BCUT2D eigenvalue weighted by atomic mass is 10.2. The molecule has 0 fully saturated rings. The van der Waals surface area contributed by atoms with E-state index in [0.29, 0.717) is 18.8 Å². The highest BCUT2D eigenvalue weighted by atomic mass is 35.7. The molecule has 1 aromatic rings. The second-order valence-corrected chi connectivity index (χ2v) is 7.31. The third-order valence-electron chi connectivity index (χ3n) is 2.68. The number of hydrogen-bond donors (Lipinski definition) is 0. The average Bonchev–Trinajstić information content (AvgIpc) is 2.29. The van der Waals surface area contributed by atoms with Crippen LogP contribution in [0.5, 0.6) is 5.75 Å². The topological polar surface area (TPSA) is 43.4 Å². The van der Waals surface area contributed by atoms with Gasteiger partial charge in [0.2, 0.25) is 9.05 Å². The van der Waals surface area contributed by atoms with E-state index in [-0.39, 0.29) is 11.6 Å². The van der Waals surface area contributed by atoms with Gasteiger partial charge in [0, 0.05) is 10.7 Å². The zero-order chi connectivity index (χ0) is 14.3. The Labute approximate surface area is 118 Å². The van der Waals surface area contributed by atoms with Crippen LogP contribution < -0.4 is 4.74 Å². The first-order valence-corrected chi connectivity index (χ1v) is 8.67. The van der Waals surface area contributed by atoms with Gasteiger partial charge in [-0.2, -0.15) is 0 Å². The van der Waals surface area contributed by atoms with Crippen LogP contribution in [0.1, 0.15) is 31.2 Å². The molecule has 0 aliphatic carbocycles. The summed E-state index contributed by atoms with van der Waals surface area (Å²) in [6.45, 7) is 2.34. The zero-order valence-corrected chi connectivity index (χ0v) is 12.4. The van der Waals surface area contributed by atoms with Crippen molar-refractivity contribution in [3.8, 4) is 5.75 Å². The summed E-state index contributed by atoms with van der Waals surface area (Å²) in [6.07, 6.45) is 3.09. The lowest BCUT2D eigenvalue weighted by molar-refractivity contribution is 0.302. The van der Waals surface area contributed by atoms with Crippen molar-refractivity contribution in [3.05, 3.63) is 29.6 Å². The standard InChI is InChI=1S/C13H18ClFO3S/c1-11-10-12(15)6-7-13(11)18-8-4-2-3-5-9-19(14,16)17/h6-7,10H,2-5,8-9H2,1H3. The Morgan fingerprint density at radius 2 is 1.89 bits per heavy atom. The summed E-state index contributed by atoms with van der Waals surface area (Å²) in [5, 5.41) is 0. The minimum absolute atomic E-state index is 0.0203. The van der Waals surface area contributed by atoms with Crippen LogP contribution in [-0.2, 0) is 9.05 Å². The second kappa shape index (κ2) is 7.70. The van der Waals surface area contributed by atoms with E-state index < -0.39 is 9.05 Å². The summed E-state index contributed by atoms with van der Waals surface area (Å²) in [5.41, 5.74) is 0.772. The maximum Gasteiger partial charge on any atom is 0.232 e. The summed E-state index contributed by atoms with van der Waals surface area (Å²) >= 11 is 0. The van der Waals surface area contributed by atoms with Gasteiger partial charge in [0.25, 0.3) is 0 Å². The third kappa shape index (κ3) is 7.38. The third-order valence-corrected chi connectivity index (χ3v) is 3.92. The van der Waals surface area contributed by atoms with E-state index in [1.807, 2.05) is 0 Å². The highest BCUT2D eigenvalue weighted by Gasteiger charge is 2.04. The van der Waals surface area contributed by atoms with E-state index in [4.69, 9.17) is 15.4 Å². The van der Waals surface area contributed by atoms with Crippen molar-refractivity contribution in [2.24, 2.45) is 0 Å². The quantitative estimate of drug-likeness (QED) is 0.544. The predicted molar refractivity (Wildman–Crippen MR) is 74.7 cm³/mol. The summed E-state index contributed by atoms with van der Waals surface area (Å²) in [5.74, 6) is 0.434. The predicted octanol–water partition coefficient (Wildman–Crippen LogP) is 3.64. The molecule has 0 aliphatic rings. The molecule has 0 spiro atoms. The molecular weight excluding hydrogens is 291 g/mol. The van der Waals surface area contributed by atoms with E-state index in [1.54, 1.807) is 13.0 Å². The van der Waals surface area contributed by atoms with Gasteiger partial charge in [0.1, 0.15) is 11.6 Å². The van der Waals surface area contributed by atoms with Crippen molar-refractivity contribution < 1.29 is 17.5 Å². The molecule has 0 radical (unpaired) electrons. The first-order valence-electron chi connectivity index (χ1n) is 6.20. The first kappa shape index (κ1) is 16.2. The van der Waals surface area contributed by atoms with Gasteiger partial charge in [-0.15, -0.1) is 0 Å². The lowest BCUT2D eigenvalue weighted by Gasteiger charge is -2.08. The Balaban J connectivity index is 2.14. The van der Waals surface area contributed by atoms with Gasteiger partial charge in [0.05, 0.1) is 12.4 Å². The molecular formula is C13H18ClFO3S. The minimum Gasteiger partial charge on any atom is -0.493 e. The van der Waals surface area contributed by atoms with Crippen molar-refractivity contribution in [1.82, 2.24) is 0 Å². The summed E-state index contributed by atoms with van der Waals surface area (Å²) in [6, 6.07) is 4.42. The van der Waals surface area contributed by atoms with Crippen molar-refractivity contribution in [2.75, 3.05) is 12.4 Å². The SMILES string of the molecule is Cc1cc(F)ccc1OCCCCCCS(=O)(=O)Cl. The fourth-order valence-corrected chi connectivity index (χ4v) is 2.56. The molecule has 19 heavy (non-hydrogen) atoms. The van der Waals surface area contributed by atoms with Crippen molar-refractivity contribution in [3.63, 3.8) is 0 Å². The largest absolute Gasteiger partial charge is 0.493 e. The molecule has 0 aliphatic heterocycles. The number of aryl methyl sites for hydroxylation is 1. The van der Waals surface area contributed by atoms with E-state index in [1.165, 1.54) is 12.1 Å². The fraction of sp³-hybridized carbons (Fsp3) is 0.538. The fourth-order valence-electron chi connectivity index (χ4n) is 1.69. The van der Waals surface area contributed by atoms with Gasteiger partial charge in [0.15, 0.2) is 0 Å². The van der Waals surface area contributed by atoms with E-state index >= 15 is 0 Å². The lowest BCUT2D eigenvalue weighted by Crippen LogP contribution is -2.00. The van der Waals surface area contributed by atoms with Crippen LogP contribution in [0.3, 0.4) is 0 Å². The Bertz CT molecular complexity index is 503. The number of halogens is 2. The normalized spacial score (nSPS) is 11.5. The van der Waals surface area contributed by atoms with Crippen molar-refractivity contribution in [1.29, 1.82) is 0 Å². The Morgan fingerprint density at radius 3 is 2.53 bits per heavy atom. The maximum atomic E-state index is 12.9. The number of rotatable bonds is 8. The molecule has 0 atom stereocenters. The van der Waals surface area contributed by atoms with Gasteiger partial charge in [-0.05, 0) is 43.5 Å². The van der Waals surface area contributed by atoms with Gasteiger partial charge in [-0.3, -0.25) is 0 Å². The molecule has 0 aromatic heterocycles. The molecule has 0 unspecified atom stereocenters. The van der Waals surface area contributed by atoms with Crippen LogP contribution >= 0.6 is 10.7 Å². The average molecular weight is 309 g/mol. The Kier molecular flexibility index (Phi) is 6.58. The second-order valence-electron chi connectivity index (χ2n) is 4.42. The van der Waals surface area contributed by atoms with Crippen LogP contribution in [0.25, 0.3) is 0 Å². The summed E-state index contributed by atoms with van der Waals surface area (Å²) < 4.78 is 39.7. The molecule has 1 aromatic carbocycles. The van der Waals surface area contributed by atoms with Gasteiger partial charge >= 0.3 is 0 Å². The molecule has 0 saturated carbocycles. The minimum atomic E-state index is -3.36. The number of hydrogen-bond acceptors (Lipinski definition) is 3. The van der Waals surface area contributed by atoms with E-state index in [0.717, 1.165) is 24.8 Å². The summed E-state index contributed by atoms with van der Waals surface area (Å²) in [7, 11) is 1.74. The highest BCUT2D eigenvalue weighted by Crippen LogP contribution is 2.18. The molecule has 0 heterocycles. The highest BCUT2D eigenvalue weighted by molar-refractivity contribution is 8.13. The van der Waals surface area contributed by atoms with Crippen molar-refractivity contribution >= 4 is 19.7 Å². The van der Waals surface area contributed by atoms with E-state index in [9.17, 15) is 12.8 Å². The smallest absolute Gasteiger partial charge is 0.232 e. The molecule has 3 nitrogen and oxygen atoms in total. The van der Waals surface area contributed by atoms with Crippen LogP contribution in [0.2, 0.25) is 0 Å². The molecule has 1 rings (SSSR count). The zero-order valence-electron chi connectivity index (χ0n) is 10.9. The van der Waals surface area contributed by atoms with Crippen LogP contribution in [0, 0.1) is 12.7 Å². The van der Waals surface area contributed by atoms with Gasteiger partial charge in [-0.25, -0.2) is 12.8 Å². The molecule has 108 valence electrons. The Hall–Kier alpha value is -0.810. The van der Waals surface area contributed by atoms with Gasteiger partial charge < -0.3 is 4.74 Å². The molecule has 0 saturated heterocycles. The maximum absolute atomic E-state index is 12.9. The summed E-state index contributed by atoms with van der Waals surface area (Å²) in [4.78, 5) is 0. The first-order chi connectivity index (χ1) is 8.88. The van der Waals surface area contributed by atoms with Crippen molar-refractivity contribution in [2.45, 2.75) is 32.6 Å². The molecule has 0 amide bonds. The monoisotopic (exact) mass is 308 g/mol. The number of ether oxygens (including phenoxy) is 1. The van der Waals surface area contributed by atoms with E-state index in [2.05, 4.69) is 0 Å². The number of benzene rings is 1. The van der Waals surface area contributed by atoms with Crippen LogP contribution in [0.15, 0.2) is 18.2 Å². The van der Waals surface area contributed by atoms with Gasteiger partial charge in [-0.1, -0.05) is 12.8 Å². The number of unbranched alkanes of at least 4 members (excludes halogenated alkanes) is 3. The van der Waals surface area contributed by atoms with Crippen LogP contribution in [0.4, 0.5) is 4.39 Å². The molecule has 6 heteroatoms. The Morgan fingerprint density at radius 1 is 1.21 bits per heavy atom. The molecule has 0 bridgehead atoms.